The molecule has 1 aromatic carbocycles. The second-order valence-corrected chi connectivity index (χ2v) is 10.7. The van der Waals surface area contributed by atoms with E-state index in [1.54, 1.807) is 0 Å². The van der Waals surface area contributed by atoms with Crippen molar-refractivity contribution in [3.05, 3.63) is 40.8 Å². The average Bonchev–Trinajstić information content (AvgIpc) is 3.24. The van der Waals surface area contributed by atoms with E-state index in [4.69, 9.17) is 9.72 Å². The van der Waals surface area contributed by atoms with E-state index >= 15 is 0 Å². The Hall–Kier alpha value is -2.30. The molecule has 3 atom stereocenters. The van der Waals surface area contributed by atoms with Crippen LogP contribution in [0.25, 0.3) is 11.3 Å². The Balaban J connectivity index is 1.52. The van der Waals surface area contributed by atoms with Gasteiger partial charge in [-0.15, -0.1) is 0 Å². The van der Waals surface area contributed by atoms with Gasteiger partial charge in [-0.05, 0) is 77.7 Å². The highest BCUT2D eigenvalue weighted by Crippen LogP contribution is 2.47. The molecule has 1 N–H and O–H groups in total. The first-order valence-corrected chi connectivity index (χ1v) is 12.0. The van der Waals surface area contributed by atoms with E-state index in [0.717, 1.165) is 43.6 Å². The van der Waals surface area contributed by atoms with Crippen LogP contribution in [0.5, 0.6) is 0 Å². The molecule has 5 rings (SSSR count). The predicted molar refractivity (Wildman–Crippen MR) is 122 cm³/mol. The molecule has 0 unspecified atom stereocenters. The molecule has 0 radical (unpaired) electrons. The minimum atomic E-state index is -0.495. The Labute approximate surface area is 185 Å². The molecule has 1 saturated heterocycles. The van der Waals surface area contributed by atoms with Gasteiger partial charge in [0.15, 0.2) is 0 Å². The summed E-state index contributed by atoms with van der Waals surface area (Å²) in [5.41, 5.74) is 5.75. The first-order valence-electron chi connectivity index (χ1n) is 12.0. The topological polar surface area (TPSA) is 58.2 Å². The largest absolute Gasteiger partial charge is 0.444 e. The predicted octanol–water partition coefficient (Wildman–Crippen LogP) is 6.11. The van der Waals surface area contributed by atoms with E-state index in [2.05, 4.69) is 30.1 Å². The summed E-state index contributed by atoms with van der Waals surface area (Å²) in [6, 6.07) is 6.95. The van der Waals surface area contributed by atoms with Gasteiger partial charge in [0.05, 0.1) is 11.7 Å². The van der Waals surface area contributed by atoms with E-state index in [1.807, 2.05) is 25.7 Å². The third kappa shape index (κ3) is 3.88. The van der Waals surface area contributed by atoms with Crippen LogP contribution < -0.4 is 0 Å². The van der Waals surface area contributed by atoms with E-state index < -0.39 is 5.60 Å². The number of carbonyl (C=O) groups is 1. The van der Waals surface area contributed by atoms with Crippen LogP contribution in [0.15, 0.2) is 18.2 Å². The van der Waals surface area contributed by atoms with Crippen molar-refractivity contribution >= 4 is 6.09 Å². The highest BCUT2D eigenvalue weighted by Gasteiger charge is 2.47. The number of ether oxygens (including phenoxy) is 1. The molecule has 5 heteroatoms. The van der Waals surface area contributed by atoms with Crippen LogP contribution in [-0.2, 0) is 17.6 Å². The maximum Gasteiger partial charge on any atom is 0.411 e. The van der Waals surface area contributed by atoms with Gasteiger partial charge in [0.25, 0.3) is 0 Å². The van der Waals surface area contributed by atoms with Crippen molar-refractivity contribution in [1.82, 2.24) is 14.9 Å². The molecule has 1 aromatic heterocycles. The van der Waals surface area contributed by atoms with Gasteiger partial charge < -0.3 is 9.72 Å². The summed E-state index contributed by atoms with van der Waals surface area (Å²) < 4.78 is 5.86. The van der Waals surface area contributed by atoms with Gasteiger partial charge in [-0.2, -0.15) is 0 Å². The molecule has 2 fully saturated rings. The van der Waals surface area contributed by atoms with Crippen molar-refractivity contribution < 1.29 is 9.53 Å². The van der Waals surface area contributed by atoms with E-state index in [1.165, 1.54) is 41.6 Å². The molecule has 0 bridgehead atoms. The van der Waals surface area contributed by atoms with Crippen LogP contribution in [0.2, 0.25) is 0 Å². The van der Waals surface area contributed by atoms with Crippen LogP contribution in [-0.4, -0.2) is 32.6 Å². The second kappa shape index (κ2) is 7.68. The molecule has 3 aliphatic rings. The highest BCUT2D eigenvalue weighted by atomic mass is 16.6. The van der Waals surface area contributed by atoms with Gasteiger partial charge in [-0.1, -0.05) is 36.6 Å². The number of fused-ring (bicyclic) bond motifs is 4. The van der Waals surface area contributed by atoms with Crippen molar-refractivity contribution in [2.24, 2.45) is 5.92 Å². The van der Waals surface area contributed by atoms with Gasteiger partial charge in [-0.3, -0.25) is 4.90 Å². The monoisotopic (exact) mass is 421 g/mol. The number of imidazole rings is 1. The SMILES string of the molecule is Cc1ccc2c(c1)CCCc1[nH]c([C@@H]3C[C@@H]4CCCC[C@@H]4N3C(=O)OC(C)(C)C)nc1-2. The zero-order valence-corrected chi connectivity index (χ0v) is 19.3. The fourth-order valence-corrected chi connectivity index (χ4v) is 5.89. The molecule has 31 heavy (non-hydrogen) atoms. The molecular formula is C26H35N3O2. The smallest absolute Gasteiger partial charge is 0.411 e. The number of likely N-dealkylation sites (tertiary alicyclic amines) is 1. The van der Waals surface area contributed by atoms with Crippen LogP contribution in [0.3, 0.4) is 0 Å². The van der Waals surface area contributed by atoms with Crippen molar-refractivity contribution in [2.75, 3.05) is 0 Å². The van der Waals surface area contributed by atoms with Crippen LogP contribution in [0.1, 0.15) is 88.0 Å². The first kappa shape index (κ1) is 20.6. The Kier molecular flexibility index (Phi) is 5.10. The Morgan fingerprint density at radius 1 is 1.16 bits per heavy atom. The fraction of sp³-hybridized carbons (Fsp3) is 0.615. The zero-order chi connectivity index (χ0) is 21.8. The lowest BCUT2D eigenvalue weighted by atomic mass is 9.85. The second-order valence-electron chi connectivity index (χ2n) is 10.7. The van der Waals surface area contributed by atoms with Gasteiger partial charge >= 0.3 is 6.09 Å². The van der Waals surface area contributed by atoms with Crippen molar-refractivity contribution in [1.29, 1.82) is 0 Å². The lowest BCUT2D eigenvalue weighted by molar-refractivity contribution is 0.00950. The summed E-state index contributed by atoms with van der Waals surface area (Å²) in [6.45, 7) is 7.99. The maximum atomic E-state index is 13.3. The third-order valence-corrected chi connectivity index (χ3v) is 7.19. The van der Waals surface area contributed by atoms with Crippen LogP contribution in [0.4, 0.5) is 4.79 Å². The molecular weight excluding hydrogens is 386 g/mol. The number of hydrogen-bond acceptors (Lipinski definition) is 3. The lowest BCUT2D eigenvalue weighted by Crippen LogP contribution is -2.43. The van der Waals surface area contributed by atoms with Crippen molar-refractivity contribution in [2.45, 2.75) is 96.7 Å². The molecule has 1 aliphatic heterocycles. The Morgan fingerprint density at radius 2 is 1.97 bits per heavy atom. The number of amides is 1. The summed E-state index contributed by atoms with van der Waals surface area (Å²) in [7, 11) is 0. The number of benzene rings is 1. The number of nitrogens with zero attached hydrogens (tertiary/aromatic N) is 2. The number of rotatable bonds is 1. The lowest BCUT2D eigenvalue weighted by Gasteiger charge is -2.34. The Morgan fingerprint density at radius 3 is 2.77 bits per heavy atom. The Bertz CT molecular complexity index is 987. The highest BCUT2D eigenvalue weighted by molar-refractivity contribution is 5.71. The first-order chi connectivity index (χ1) is 14.8. The minimum Gasteiger partial charge on any atom is -0.444 e. The number of hydrogen-bond donors (Lipinski definition) is 1. The van der Waals surface area contributed by atoms with E-state index in [0.29, 0.717) is 5.92 Å². The number of aromatic amines is 1. The number of H-pyrrole nitrogens is 1. The molecule has 2 heterocycles. The molecule has 2 aliphatic carbocycles. The van der Waals surface area contributed by atoms with E-state index in [-0.39, 0.29) is 18.2 Å². The third-order valence-electron chi connectivity index (χ3n) is 7.19. The number of carbonyl (C=O) groups excluding carboxylic acids is 1. The average molecular weight is 422 g/mol. The summed E-state index contributed by atoms with van der Waals surface area (Å²) in [5, 5.41) is 0. The normalized spacial score (nSPS) is 25.4. The summed E-state index contributed by atoms with van der Waals surface area (Å²) in [5.74, 6) is 1.49. The number of nitrogens with one attached hydrogen (secondary N) is 1. The van der Waals surface area contributed by atoms with Crippen molar-refractivity contribution in [3.63, 3.8) is 0 Å². The standard InChI is InChI=1S/C26H35N3O2/c1-16-12-13-19-17(14-16)9-7-10-20-23(19)28-24(27-20)22-15-18-8-5-6-11-21(18)29(22)25(30)31-26(2,3)4/h12-14,18,21-22H,5-11,15H2,1-4H3,(H,27,28)/t18-,21-,22-/m0/s1. The van der Waals surface area contributed by atoms with Gasteiger partial charge in [0.2, 0.25) is 0 Å². The molecule has 166 valence electrons. The molecule has 5 nitrogen and oxygen atoms in total. The summed E-state index contributed by atoms with van der Waals surface area (Å²) >= 11 is 0. The van der Waals surface area contributed by atoms with Gasteiger partial charge in [-0.25, -0.2) is 9.78 Å². The number of aryl methyl sites for hydroxylation is 3. The zero-order valence-electron chi connectivity index (χ0n) is 19.3. The van der Waals surface area contributed by atoms with E-state index in [9.17, 15) is 4.79 Å². The van der Waals surface area contributed by atoms with Gasteiger partial charge in [0, 0.05) is 17.3 Å². The molecule has 2 aromatic rings. The van der Waals surface area contributed by atoms with Crippen LogP contribution in [0, 0.1) is 12.8 Å². The van der Waals surface area contributed by atoms with Gasteiger partial charge in [0.1, 0.15) is 11.4 Å². The fourth-order valence-electron chi connectivity index (χ4n) is 5.89. The molecule has 1 saturated carbocycles. The maximum absolute atomic E-state index is 13.3. The number of aromatic nitrogens is 2. The molecule has 1 amide bonds. The van der Waals surface area contributed by atoms with Crippen LogP contribution >= 0.6 is 0 Å². The molecule has 0 spiro atoms. The summed E-state index contributed by atoms with van der Waals surface area (Å²) in [6.07, 6.45) is 8.73. The summed E-state index contributed by atoms with van der Waals surface area (Å²) in [4.78, 5) is 24.1. The van der Waals surface area contributed by atoms with Crippen molar-refractivity contribution in [3.8, 4) is 11.3 Å². The quantitative estimate of drug-likeness (QED) is 0.604. The minimum absolute atomic E-state index is 0.0243.